The number of guanidine groups is 1. The SMILES string of the molecule is COc1ccccc1NC(N)=NCC(C)c1nc(-c2ccccc2)no1. The van der Waals surface area contributed by atoms with E-state index in [0.717, 1.165) is 11.3 Å². The number of hydrogen-bond acceptors (Lipinski definition) is 5. The number of rotatable bonds is 6. The quantitative estimate of drug-likeness (QED) is 0.522. The molecule has 26 heavy (non-hydrogen) atoms. The lowest BCUT2D eigenvalue weighted by atomic mass is 10.2. The molecule has 3 aromatic rings. The summed E-state index contributed by atoms with van der Waals surface area (Å²) >= 11 is 0. The lowest BCUT2D eigenvalue weighted by molar-refractivity contribution is 0.361. The molecule has 0 radical (unpaired) electrons. The Labute approximate surface area is 151 Å². The highest BCUT2D eigenvalue weighted by Gasteiger charge is 2.15. The molecule has 3 rings (SSSR count). The van der Waals surface area contributed by atoms with E-state index in [1.807, 2.05) is 61.5 Å². The molecule has 2 aromatic carbocycles. The van der Waals surface area contributed by atoms with Gasteiger partial charge in [-0.25, -0.2) is 0 Å². The maximum atomic E-state index is 5.97. The Kier molecular flexibility index (Phi) is 5.48. The minimum atomic E-state index is -0.0574. The van der Waals surface area contributed by atoms with Crippen LogP contribution in [0.5, 0.6) is 5.75 Å². The van der Waals surface area contributed by atoms with Crippen LogP contribution in [0.3, 0.4) is 0 Å². The first kappa shape index (κ1) is 17.5. The maximum Gasteiger partial charge on any atom is 0.231 e. The van der Waals surface area contributed by atoms with Crippen molar-refractivity contribution in [2.24, 2.45) is 10.7 Å². The molecule has 0 aliphatic heterocycles. The van der Waals surface area contributed by atoms with Gasteiger partial charge in [-0.15, -0.1) is 0 Å². The average Bonchev–Trinajstić information content (AvgIpc) is 3.17. The first-order valence-corrected chi connectivity index (χ1v) is 8.26. The number of methoxy groups -OCH3 is 1. The molecule has 7 heteroatoms. The third-order valence-corrected chi connectivity index (χ3v) is 3.80. The molecule has 0 fully saturated rings. The van der Waals surface area contributed by atoms with E-state index >= 15 is 0 Å². The first-order chi connectivity index (χ1) is 12.7. The number of nitrogens with one attached hydrogen (secondary N) is 1. The molecule has 0 bridgehead atoms. The monoisotopic (exact) mass is 351 g/mol. The summed E-state index contributed by atoms with van der Waals surface area (Å²) in [6.07, 6.45) is 0. The lowest BCUT2D eigenvalue weighted by Gasteiger charge is -2.10. The lowest BCUT2D eigenvalue weighted by Crippen LogP contribution is -2.23. The number of anilines is 1. The molecule has 0 aliphatic rings. The second-order valence-electron chi connectivity index (χ2n) is 5.77. The van der Waals surface area contributed by atoms with E-state index in [-0.39, 0.29) is 5.92 Å². The Balaban J connectivity index is 1.63. The molecule has 0 amide bonds. The predicted molar refractivity (Wildman–Crippen MR) is 101 cm³/mol. The van der Waals surface area contributed by atoms with Gasteiger partial charge in [0.2, 0.25) is 11.7 Å². The van der Waals surface area contributed by atoms with Crippen molar-refractivity contribution >= 4 is 11.6 Å². The van der Waals surface area contributed by atoms with Gasteiger partial charge >= 0.3 is 0 Å². The fourth-order valence-corrected chi connectivity index (χ4v) is 2.38. The third-order valence-electron chi connectivity index (χ3n) is 3.80. The zero-order valence-corrected chi connectivity index (χ0v) is 14.7. The topological polar surface area (TPSA) is 98.6 Å². The van der Waals surface area contributed by atoms with E-state index in [4.69, 9.17) is 15.0 Å². The Bertz CT molecular complexity index is 876. The highest BCUT2D eigenvalue weighted by atomic mass is 16.5. The van der Waals surface area contributed by atoms with E-state index in [1.165, 1.54) is 0 Å². The Morgan fingerprint density at radius 1 is 1.19 bits per heavy atom. The summed E-state index contributed by atoms with van der Waals surface area (Å²) in [5.74, 6) is 2.03. The molecule has 0 saturated carbocycles. The van der Waals surface area contributed by atoms with Gasteiger partial charge in [-0.3, -0.25) is 4.99 Å². The normalized spacial score (nSPS) is 12.6. The number of aromatic nitrogens is 2. The van der Waals surface area contributed by atoms with Crippen molar-refractivity contribution < 1.29 is 9.26 Å². The second-order valence-corrected chi connectivity index (χ2v) is 5.77. The van der Waals surface area contributed by atoms with Gasteiger partial charge in [0.05, 0.1) is 25.3 Å². The molecule has 1 unspecified atom stereocenters. The number of benzene rings is 2. The van der Waals surface area contributed by atoms with Crippen LogP contribution in [0.4, 0.5) is 5.69 Å². The molecule has 1 atom stereocenters. The summed E-state index contributed by atoms with van der Waals surface area (Å²) in [6.45, 7) is 2.38. The van der Waals surface area contributed by atoms with Gasteiger partial charge in [0.25, 0.3) is 0 Å². The van der Waals surface area contributed by atoms with Gasteiger partial charge in [-0.2, -0.15) is 4.98 Å². The zero-order valence-electron chi connectivity index (χ0n) is 14.7. The average molecular weight is 351 g/mol. The summed E-state index contributed by atoms with van der Waals surface area (Å²) in [5, 5.41) is 7.06. The fourth-order valence-electron chi connectivity index (χ4n) is 2.38. The molecule has 0 saturated heterocycles. The largest absolute Gasteiger partial charge is 0.495 e. The van der Waals surface area contributed by atoms with Gasteiger partial charge in [-0.05, 0) is 12.1 Å². The standard InChI is InChI=1S/C19H21N5O2/c1-13(18-23-17(24-26-18)14-8-4-3-5-9-14)12-21-19(20)22-15-10-6-7-11-16(15)25-2/h3-11,13H,12H2,1-2H3,(H3,20,21,22). The van der Waals surface area contributed by atoms with Crippen molar-refractivity contribution in [1.82, 2.24) is 10.1 Å². The molecule has 1 aromatic heterocycles. The Hall–Kier alpha value is -3.35. The van der Waals surface area contributed by atoms with Crippen LogP contribution in [-0.4, -0.2) is 29.8 Å². The van der Waals surface area contributed by atoms with Crippen LogP contribution in [0, 0.1) is 0 Å². The Morgan fingerprint density at radius 3 is 2.69 bits per heavy atom. The number of nitrogens with zero attached hydrogens (tertiary/aromatic N) is 3. The van der Waals surface area contributed by atoms with Crippen molar-refractivity contribution in [1.29, 1.82) is 0 Å². The van der Waals surface area contributed by atoms with Gasteiger partial charge in [0, 0.05) is 5.56 Å². The van der Waals surface area contributed by atoms with Crippen molar-refractivity contribution in [3.63, 3.8) is 0 Å². The Morgan fingerprint density at radius 2 is 1.92 bits per heavy atom. The molecule has 0 aliphatic carbocycles. The smallest absolute Gasteiger partial charge is 0.231 e. The van der Waals surface area contributed by atoms with Crippen molar-refractivity contribution in [2.75, 3.05) is 19.0 Å². The van der Waals surface area contributed by atoms with E-state index in [1.54, 1.807) is 7.11 Å². The molecule has 0 spiro atoms. The molecule has 1 heterocycles. The summed E-state index contributed by atoms with van der Waals surface area (Å²) in [7, 11) is 1.61. The van der Waals surface area contributed by atoms with Crippen LogP contribution in [-0.2, 0) is 0 Å². The molecule has 7 nitrogen and oxygen atoms in total. The van der Waals surface area contributed by atoms with E-state index in [0.29, 0.717) is 30.0 Å². The van der Waals surface area contributed by atoms with Gasteiger partial charge < -0.3 is 20.3 Å². The predicted octanol–water partition coefficient (Wildman–Crippen LogP) is 3.28. The summed E-state index contributed by atoms with van der Waals surface area (Å²) in [6, 6.07) is 17.2. The first-order valence-electron chi connectivity index (χ1n) is 8.26. The van der Waals surface area contributed by atoms with Crippen molar-refractivity contribution in [3.8, 4) is 17.1 Å². The van der Waals surface area contributed by atoms with Gasteiger partial charge in [0.1, 0.15) is 5.75 Å². The van der Waals surface area contributed by atoms with Gasteiger partial charge in [0.15, 0.2) is 5.96 Å². The van der Waals surface area contributed by atoms with Crippen LogP contribution in [0.15, 0.2) is 64.1 Å². The fraction of sp³-hybridized carbons (Fsp3) is 0.211. The summed E-state index contributed by atoms with van der Waals surface area (Å²) < 4.78 is 10.6. The number of aliphatic imine (C=N–C) groups is 1. The van der Waals surface area contributed by atoms with Crippen LogP contribution in [0.2, 0.25) is 0 Å². The number of hydrogen-bond donors (Lipinski definition) is 2. The van der Waals surface area contributed by atoms with Crippen LogP contribution in [0.25, 0.3) is 11.4 Å². The minimum absolute atomic E-state index is 0.0574. The van der Waals surface area contributed by atoms with Gasteiger partial charge in [-0.1, -0.05) is 54.5 Å². The maximum absolute atomic E-state index is 5.97. The van der Waals surface area contributed by atoms with E-state index in [2.05, 4.69) is 20.4 Å². The minimum Gasteiger partial charge on any atom is -0.495 e. The molecule has 134 valence electrons. The van der Waals surface area contributed by atoms with Crippen LogP contribution >= 0.6 is 0 Å². The number of nitrogens with two attached hydrogens (primary N) is 1. The zero-order chi connectivity index (χ0) is 18.4. The highest BCUT2D eigenvalue weighted by molar-refractivity contribution is 5.93. The van der Waals surface area contributed by atoms with Crippen molar-refractivity contribution in [2.45, 2.75) is 12.8 Å². The highest BCUT2D eigenvalue weighted by Crippen LogP contribution is 2.23. The second kappa shape index (κ2) is 8.15. The summed E-state index contributed by atoms with van der Waals surface area (Å²) in [4.78, 5) is 8.79. The van der Waals surface area contributed by atoms with Crippen molar-refractivity contribution in [3.05, 3.63) is 60.5 Å². The molecular weight excluding hydrogens is 330 g/mol. The van der Waals surface area contributed by atoms with Crippen LogP contribution < -0.4 is 15.8 Å². The van der Waals surface area contributed by atoms with Crippen LogP contribution in [0.1, 0.15) is 18.7 Å². The number of para-hydroxylation sites is 2. The summed E-state index contributed by atoms with van der Waals surface area (Å²) in [5.41, 5.74) is 7.64. The van der Waals surface area contributed by atoms with E-state index in [9.17, 15) is 0 Å². The number of ether oxygens (including phenoxy) is 1. The molecular formula is C19H21N5O2. The third kappa shape index (κ3) is 4.18. The molecule has 3 N–H and O–H groups in total. The van der Waals surface area contributed by atoms with E-state index < -0.39 is 0 Å².